The van der Waals surface area contributed by atoms with Crippen LogP contribution in [0.1, 0.15) is 13.8 Å². The van der Waals surface area contributed by atoms with Gasteiger partial charge in [0, 0.05) is 22.9 Å². The molecular weight excluding hydrogens is 360 g/mol. The van der Waals surface area contributed by atoms with E-state index in [4.69, 9.17) is 18.3 Å². The van der Waals surface area contributed by atoms with Crippen LogP contribution < -0.4 is 20.7 Å². The highest BCUT2D eigenvalue weighted by atomic mass is 16.5. The molecule has 0 saturated carbocycles. The number of rotatable bonds is 4. The molecule has 144 valence electrons. The Kier molecular flexibility index (Phi) is 6.11. The summed E-state index contributed by atoms with van der Waals surface area (Å²) in [6.45, 7) is 4.80. The smallest absolute Gasteiger partial charge is 0.379 e. The lowest BCUT2D eigenvalue weighted by atomic mass is 10.2. The molecule has 2 aromatic heterocycles. The zero-order valence-electron chi connectivity index (χ0n) is 15.6. The van der Waals surface area contributed by atoms with Gasteiger partial charge in [-0.15, -0.1) is 0 Å². The first-order chi connectivity index (χ1) is 13.6. The molecule has 6 nitrogen and oxygen atoms in total. The molecule has 0 N–H and O–H groups in total. The van der Waals surface area contributed by atoms with E-state index >= 15 is 0 Å². The van der Waals surface area contributed by atoms with E-state index < -0.39 is 5.63 Å². The maximum absolute atomic E-state index is 11.3. The molecule has 4 rings (SSSR count). The Morgan fingerprint density at radius 2 is 1.50 bits per heavy atom. The molecule has 0 saturated heterocycles. The van der Waals surface area contributed by atoms with Gasteiger partial charge in [0.05, 0.1) is 13.2 Å². The first kappa shape index (κ1) is 19.2. The molecule has 2 heterocycles. The summed E-state index contributed by atoms with van der Waals surface area (Å²) in [4.78, 5) is 22.3. The second-order valence-corrected chi connectivity index (χ2v) is 5.76. The Labute approximate surface area is 160 Å². The summed E-state index contributed by atoms with van der Waals surface area (Å²) in [5.41, 5.74) is 0.376. The van der Waals surface area contributed by atoms with Crippen molar-refractivity contribution in [2.75, 3.05) is 13.2 Å². The van der Waals surface area contributed by atoms with Gasteiger partial charge in [0.25, 0.3) is 0 Å². The number of hydrogen-bond donors (Lipinski definition) is 0. The molecule has 0 amide bonds. The van der Waals surface area contributed by atoms with E-state index in [1.165, 1.54) is 6.07 Å². The second-order valence-electron chi connectivity index (χ2n) is 5.76. The fraction of sp³-hybridized carbons (Fsp3) is 0.182. The van der Waals surface area contributed by atoms with Crippen LogP contribution in [-0.2, 0) is 0 Å². The molecule has 0 radical (unpaired) electrons. The molecule has 0 aliphatic heterocycles. The minimum Gasteiger partial charge on any atom is -0.494 e. The molecule has 6 heteroatoms. The third-order valence-electron chi connectivity index (χ3n) is 3.81. The van der Waals surface area contributed by atoms with Crippen molar-refractivity contribution in [1.82, 2.24) is 0 Å². The monoisotopic (exact) mass is 380 g/mol. The Balaban J connectivity index is 0.000000161. The zero-order valence-corrected chi connectivity index (χ0v) is 15.6. The quantitative estimate of drug-likeness (QED) is 0.489. The maximum Gasteiger partial charge on any atom is 0.379 e. The molecule has 2 aromatic carbocycles. The van der Waals surface area contributed by atoms with Gasteiger partial charge >= 0.3 is 11.3 Å². The minimum atomic E-state index is -0.425. The largest absolute Gasteiger partial charge is 0.494 e. The molecule has 0 aliphatic rings. The standard InChI is InChI=1S/2C11H10O3/c1-2-13-9-5-3-8-4-6-11(12)14-10(8)7-9;1-2-13-10-7-8-5-3-4-6-9(8)14-11(10)12/h2*3-7H,2H2,1H3. The molecule has 28 heavy (non-hydrogen) atoms. The maximum atomic E-state index is 11.3. The van der Waals surface area contributed by atoms with Gasteiger partial charge in [-0.3, -0.25) is 0 Å². The molecule has 0 spiro atoms. The molecule has 4 aromatic rings. The number of benzene rings is 2. The predicted octanol–water partition coefficient (Wildman–Crippen LogP) is 4.38. The fourth-order valence-corrected chi connectivity index (χ4v) is 2.60. The molecule has 0 fully saturated rings. The predicted molar refractivity (Wildman–Crippen MR) is 107 cm³/mol. The Hall–Kier alpha value is -3.54. The van der Waals surface area contributed by atoms with Crippen LogP contribution in [0.25, 0.3) is 21.9 Å². The van der Waals surface area contributed by atoms with E-state index in [0.29, 0.717) is 30.1 Å². The van der Waals surface area contributed by atoms with Gasteiger partial charge < -0.3 is 18.3 Å². The summed E-state index contributed by atoms with van der Waals surface area (Å²) in [6.07, 6.45) is 0. The van der Waals surface area contributed by atoms with E-state index in [-0.39, 0.29) is 11.4 Å². The van der Waals surface area contributed by atoms with E-state index in [1.54, 1.807) is 24.3 Å². The van der Waals surface area contributed by atoms with E-state index in [0.717, 1.165) is 10.8 Å². The van der Waals surface area contributed by atoms with Gasteiger partial charge in [0.1, 0.15) is 16.9 Å². The lowest BCUT2D eigenvalue weighted by Crippen LogP contribution is -2.05. The van der Waals surface area contributed by atoms with Gasteiger partial charge in [-0.1, -0.05) is 18.2 Å². The van der Waals surface area contributed by atoms with Crippen molar-refractivity contribution in [3.63, 3.8) is 0 Å². The number of para-hydroxylation sites is 1. The molecule has 0 aliphatic carbocycles. The molecular formula is C22H20O6. The lowest BCUT2D eigenvalue weighted by molar-refractivity contribution is 0.322. The van der Waals surface area contributed by atoms with Crippen molar-refractivity contribution in [2.45, 2.75) is 13.8 Å². The second kappa shape index (κ2) is 8.90. The third-order valence-corrected chi connectivity index (χ3v) is 3.81. The SMILES string of the molecule is CCOc1cc2ccccc2oc1=O.CCOc1ccc2ccc(=O)oc2c1. The van der Waals surface area contributed by atoms with Crippen LogP contribution in [0.3, 0.4) is 0 Å². The topological polar surface area (TPSA) is 78.9 Å². The minimum absolute atomic E-state index is 0.270. The first-order valence-electron chi connectivity index (χ1n) is 8.93. The number of hydrogen-bond acceptors (Lipinski definition) is 6. The Morgan fingerprint density at radius 3 is 2.29 bits per heavy atom. The third kappa shape index (κ3) is 4.59. The highest BCUT2D eigenvalue weighted by Crippen LogP contribution is 2.19. The summed E-state index contributed by atoms with van der Waals surface area (Å²) in [7, 11) is 0. The summed E-state index contributed by atoms with van der Waals surface area (Å²) in [5.74, 6) is 0.987. The van der Waals surface area contributed by atoms with Crippen molar-refractivity contribution in [1.29, 1.82) is 0 Å². The number of fused-ring (bicyclic) bond motifs is 2. The Bertz CT molecular complexity index is 1190. The summed E-state index contributed by atoms with van der Waals surface area (Å²) in [5, 5.41) is 1.77. The summed E-state index contributed by atoms with van der Waals surface area (Å²) in [6, 6.07) is 17.6. The first-order valence-corrected chi connectivity index (χ1v) is 8.93. The lowest BCUT2D eigenvalue weighted by Gasteiger charge is -2.02. The van der Waals surface area contributed by atoms with Crippen molar-refractivity contribution >= 4 is 21.9 Å². The summed E-state index contributed by atoms with van der Waals surface area (Å²) >= 11 is 0. The average molecular weight is 380 g/mol. The van der Waals surface area contributed by atoms with E-state index in [9.17, 15) is 9.59 Å². The van der Waals surface area contributed by atoms with Crippen LogP contribution in [0.4, 0.5) is 0 Å². The van der Waals surface area contributed by atoms with Gasteiger partial charge in [-0.25, -0.2) is 9.59 Å². The van der Waals surface area contributed by atoms with Crippen molar-refractivity contribution in [2.24, 2.45) is 0 Å². The van der Waals surface area contributed by atoms with Crippen LogP contribution in [0.15, 0.2) is 79.1 Å². The fourth-order valence-electron chi connectivity index (χ4n) is 2.60. The highest BCUT2D eigenvalue weighted by Gasteiger charge is 2.04. The van der Waals surface area contributed by atoms with Crippen LogP contribution in [0, 0.1) is 0 Å². The van der Waals surface area contributed by atoms with Crippen molar-refractivity contribution < 1.29 is 18.3 Å². The normalized spacial score (nSPS) is 10.4. The molecule has 0 atom stereocenters. The summed E-state index contributed by atoms with van der Waals surface area (Å²) < 4.78 is 20.5. The van der Waals surface area contributed by atoms with Gasteiger partial charge in [0.2, 0.25) is 5.75 Å². The molecule has 0 unspecified atom stereocenters. The van der Waals surface area contributed by atoms with Crippen molar-refractivity contribution in [3.8, 4) is 11.5 Å². The zero-order chi connectivity index (χ0) is 19.9. The Morgan fingerprint density at radius 1 is 0.750 bits per heavy atom. The van der Waals surface area contributed by atoms with Gasteiger partial charge in [-0.05, 0) is 44.2 Å². The average Bonchev–Trinajstić information content (AvgIpc) is 2.69. The number of ether oxygens (including phenoxy) is 2. The van der Waals surface area contributed by atoms with E-state index in [1.807, 2.05) is 44.2 Å². The van der Waals surface area contributed by atoms with Gasteiger partial charge in [0.15, 0.2) is 0 Å². The van der Waals surface area contributed by atoms with Gasteiger partial charge in [-0.2, -0.15) is 0 Å². The highest BCUT2D eigenvalue weighted by molar-refractivity contribution is 5.78. The molecule has 0 bridgehead atoms. The van der Waals surface area contributed by atoms with Crippen LogP contribution in [0.2, 0.25) is 0 Å². The van der Waals surface area contributed by atoms with E-state index in [2.05, 4.69) is 0 Å². The van der Waals surface area contributed by atoms with Crippen molar-refractivity contribution in [3.05, 3.63) is 81.5 Å². The van der Waals surface area contributed by atoms with Crippen LogP contribution in [-0.4, -0.2) is 13.2 Å². The van der Waals surface area contributed by atoms with Crippen LogP contribution >= 0.6 is 0 Å². The van der Waals surface area contributed by atoms with Crippen LogP contribution in [0.5, 0.6) is 11.5 Å².